The van der Waals surface area contributed by atoms with Gasteiger partial charge in [0.15, 0.2) is 0 Å². The minimum Gasteiger partial charge on any atom is -0.266 e. The van der Waals surface area contributed by atoms with Crippen LogP contribution in [-0.2, 0) is 6.42 Å². The summed E-state index contributed by atoms with van der Waals surface area (Å²) in [4.78, 5) is 15.1. The molecule has 0 spiro atoms. The number of nitrogens with zero attached hydrogens (tertiary/aromatic N) is 1. The first-order valence-corrected chi connectivity index (χ1v) is 4.65. The van der Waals surface area contributed by atoms with E-state index in [1.54, 1.807) is 19.1 Å². The highest BCUT2D eigenvalue weighted by atomic mass is 16.1. The molecule has 0 radical (unpaired) electrons. The summed E-state index contributed by atoms with van der Waals surface area (Å²) in [6.07, 6.45) is 2.54. The summed E-state index contributed by atoms with van der Waals surface area (Å²) in [7, 11) is 0. The Kier molecular flexibility index (Phi) is 3.84. The molecule has 0 aliphatic heterocycles. The monoisotopic (exact) mass is 187 g/mol. The number of carbonyl (C=O) groups is 1. The van der Waals surface area contributed by atoms with E-state index in [2.05, 4.69) is 17.8 Å². The summed E-state index contributed by atoms with van der Waals surface area (Å²) < 4.78 is 0. The number of carbonyl (C=O) groups excluding carboxylic acids is 1. The quantitative estimate of drug-likeness (QED) is 0.654. The third-order valence-corrected chi connectivity index (χ3v) is 1.88. The van der Waals surface area contributed by atoms with Crippen LogP contribution in [0.4, 0.5) is 0 Å². The van der Waals surface area contributed by atoms with Crippen LogP contribution in [0, 0.1) is 0 Å². The molecule has 0 N–H and O–H groups in total. The maximum atomic E-state index is 11.4. The van der Waals surface area contributed by atoms with Gasteiger partial charge in [-0.3, -0.25) is 4.79 Å². The van der Waals surface area contributed by atoms with E-state index in [4.69, 9.17) is 0 Å². The first-order chi connectivity index (χ1) is 6.77. The average Bonchev–Trinajstić information content (AvgIpc) is 2.26. The molecule has 0 aromatic heterocycles. The Morgan fingerprint density at radius 1 is 1.57 bits per heavy atom. The van der Waals surface area contributed by atoms with Crippen molar-refractivity contribution in [3.8, 4) is 0 Å². The summed E-state index contributed by atoms with van der Waals surface area (Å²) in [6.45, 7) is 3.83. The van der Waals surface area contributed by atoms with Gasteiger partial charge in [0.2, 0.25) is 0 Å². The zero-order valence-electron chi connectivity index (χ0n) is 8.45. The van der Waals surface area contributed by atoms with E-state index in [1.807, 2.05) is 18.2 Å². The highest BCUT2D eigenvalue weighted by molar-refractivity contribution is 5.98. The molecule has 0 unspecified atom stereocenters. The minimum absolute atomic E-state index is 0.238. The molecule has 1 amide bonds. The normalized spacial score (nSPS) is 9.00. The predicted octanol–water partition coefficient (Wildman–Crippen LogP) is 2.64. The van der Waals surface area contributed by atoms with E-state index in [0.717, 1.165) is 12.0 Å². The smallest absolute Gasteiger partial charge is 0.266 e. The predicted molar refractivity (Wildman–Crippen MR) is 57.8 cm³/mol. The van der Waals surface area contributed by atoms with E-state index >= 15 is 0 Å². The number of benzene rings is 1. The van der Waals surface area contributed by atoms with Crippen molar-refractivity contribution < 1.29 is 4.79 Å². The molecule has 1 aromatic carbocycles. The summed E-state index contributed by atoms with van der Waals surface area (Å²) >= 11 is 0. The largest absolute Gasteiger partial charge is 0.285 e. The van der Waals surface area contributed by atoms with Crippen LogP contribution in [0.15, 0.2) is 35.3 Å². The Bertz CT molecular complexity index is 387. The Labute approximate surface area is 84.0 Å². The number of aryl methyl sites for hydroxylation is 1. The lowest BCUT2D eigenvalue weighted by Gasteiger charge is -1.97. The molecule has 1 rings (SSSR count). The molecule has 14 heavy (non-hydrogen) atoms. The van der Waals surface area contributed by atoms with Gasteiger partial charge in [0.05, 0.1) is 0 Å². The lowest BCUT2D eigenvalue weighted by atomic mass is 10.1. The van der Waals surface area contributed by atoms with Crippen LogP contribution in [0.1, 0.15) is 29.8 Å². The van der Waals surface area contributed by atoms with Crippen molar-refractivity contribution in [1.29, 1.82) is 0 Å². The van der Waals surface area contributed by atoms with Gasteiger partial charge >= 0.3 is 0 Å². The average molecular weight is 187 g/mol. The number of amides is 1. The van der Waals surface area contributed by atoms with Crippen LogP contribution in [-0.4, -0.2) is 11.8 Å². The minimum atomic E-state index is -0.238. The molecule has 1 aromatic rings. The highest BCUT2D eigenvalue weighted by Crippen LogP contribution is 2.06. The fourth-order valence-electron chi connectivity index (χ4n) is 1.11. The summed E-state index contributed by atoms with van der Waals surface area (Å²) in [6, 6.07) is 7.50. The second kappa shape index (κ2) is 5.15. The van der Waals surface area contributed by atoms with Crippen LogP contribution in [0.2, 0.25) is 0 Å². The fraction of sp³-hybridized carbons (Fsp3) is 0.250. The van der Waals surface area contributed by atoms with E-state index < -0.39 is 0 Å². The van der Waals surface area contributed by atoms with Crippen molar-refractivity contribution in [3.05, 3.63) is 41.5 Å². The van der Waals surface area contributed by atoms with E-state index in [9.17, 15) is 4.79 Å². The highest BCUT2D eigenvalue weighted by Gasteiger charge is 2.02. The van der Waals surface area contributed by atoms with Gasteiger partial charge in [-0.2, -0.15) is 4.99 Å². The standard InChI is InChI=1S/C12H13NO/c1-3-8-13-12(14)11-7-5-6-10(4-2)9-11/h3,5-7,9H,4H2,1-2H3. The first kappa shape index (κ1) is 10.4. The van der Waals surface area contributed by atoms with Crippen molar-refractivity contribution in [1.82, 2.24) is 0 Å². The topological polar surface area (TPSA) is 29.4 Å². The summed E-state index contributed by atoms with van der Waals surface area (Å²) in [5.74, 6) is 2.30. The Morgan fingerprint density at radius 2 is 2.36 bits per heavy atom. The zero-order valence-corrected chi connectivity index (χ0v) is 8.45. The molecule has 0 bridgehead atoms. The lowest BCUT2D eigenvalue weighted by Crippen LogP contribution is -1.95. The van der Waals surface area contributed by atoms with Gasteiger partial charge in [0, 0.05) is 5.56 Å². The Morgan fingerprint density at radius 3 is 3.00 bits per heavy atom. The SMILES string of the molecule is CC=C=NC(=O)c1cccc(CC)c1. The van der Waals surface area contributed by atoms with Crippen molar-refractivity contribution in [2.24, 2.45) is 4.99 Å². The Hall–Kier alpha value is -1.66. The molecule has 2 nitrogen and oxygen atoms in total. The van der Waals surface area contributed by atoms with Crippen molar-refractivity contribution >= 4 is 11.8 Å². The van der Waals surface area contributed by atoms with Crippen LogP contribution >= 0.6 is 0 Å². The molecule has 0 saturated carbocycles. The number of aliphatic imine (C=N–C) groups is 1. The van der Waals surface area contributed by atoms with Gasteiger partial charge in [0.1, 0.15) is 0 Å². The van der Waals surface area contributed by atoms with Crippen LogP contribution in [0.25, 0.3) is 0 Å². The number of hydrogen-bond donors (Lipinski definition) is 0. The van der Waals surface area contributed by atoms with Crippen molar-refractivity contribution in [2.75, 3.05) is 0 Å². The van der Waals surface area contributed by atoms with Crippen LogP contribution in [0.5, 0.6) is 0 Å². The third-order valence-electron chi connectivity index (χ3n) is 1.88. The molecule has 0 aliphatic carbocycles. The summed E-state index contributed by atoms with van der Waals surface area (Å²) in [5.41, 5.74) is 1.77. The Balaban J connectivity index is 2.95. The molecule has 0 fully saturated rings. The van der Waals surface area contributed by atoms with E-state index in [0.29, 0.717) is 5.56 Å². The van der Waals surface area contributed by atoms with Crippen LogP contribution in [0.3, 0.4) is 0 Å². The number of allylic oxidation sites excluding steroid dienone is 1. The zero-order chi connectivity index (χ0) is 10.4. The molecule has 2 heteroatoms. The van der Waals surface area contributed by atoms with Gasteiger partial charge in [-0.1, -0.05) is 19.1 Å². The van der Waals surface area contributed by atoms with Gasteiger partial charge in [-0.05, 0) is 43.0 Å². The number of rotatable bonds is 2. The maximum absolute atomic E-state index is 11.4. The molecular formula is C12H13NO. The molecule has 0 saturated heterocycles. The molecule has 0 heterocycles. The molecular weight excluding hydrogens is 174 g/mol. The second-order valence-electron chi connectivity index (χ2n) is 2.89. The maximum Gasteiger partial charge on any atom is 0.285 e. The van der Waals surface area contributed by atoms with E-state index in [1.165, 1.54) is 0 Å². The van der Waals surface area contributed by atoms with Crippen molar-refractivity contribution in [3.63, 3.8) is 0 Å². The van der Waals surface area contributed by atoms with Gasteiger partial charge in [-0.25, -0.2) is 0 Å². The third kappa shape index (κ3) is 2.68. The van der Waals surface area contributed by atoms with Crippen molar-refractivity contribution in [2.45, 2.75) is 20.3 Å². The fourth-order valence-corrected chi connectivity index (χ4v) is 1.11. The second-order valence-corrected chi connectivity index (χ2v) is 2.89. The van der Waals surface area contributed by atoms with E-state index in [-0.39, 0.29) is 5.91 Å². The van der Waals surface area contributed by atoms with Gasteiger partial charge < -0.3 is 0 Å². The summed E-state index contributed by atoms with van der Waals surface area (Å²) in [5, 5.41) is 0. The number of hydrogen-bond acceptors (Lipinski definition) is 1. The molecule has 0 atom stereocenters. The lowest BCUT2D eigenvalue weighted by molar-refractivity contribution is 0.100. The van der Waals surface area contributed by atoms with Gasteiger partial charge in [0.25, 0.3) is 5.91 Å². The van der Waals surface area contributed by atoms with Crippen LogP contribution < -0.4 is 0 Å². The molecule has 0 aliphatic rings. The first-order valence-electron chi connectivity index (χ1n) is 4.65. The van der Waals surface area contributed by atoms with Gasteiger partial charge in [-0.15, -0.1) is 0 Å². The molecule has 72 valence electrons.